The predicted molar refractivity (Wildman–Crippen MR) is 85.8 cm³/mol. The largest absolute Gasteiger partial charge is 0.337 e. The lowest BCUT2D eigenvalue weighted by atomic mass is 10.2. The summed E-state index contributed by atoms with van der Waals surface area (Å²) in [5, 5.41) is 9.20. The van der Waals surface area contributed by atoms with Gasteiger partial charge in [-0.15, -0.1) is 0 Å². The second kappa shape index (κ2) is 7.56. The van der Waals surface area contributed by atoms with E-state index in [1.54, 1.807) is 24.7 Å². The lowest BCUT2D eigenvalue weighted by Crippen LogP contribution is -2.34. The van der Waals surface area contributed by atoms with Crippen molar-refractivity contribution in [1.82, 2.24) is 30.3 Å². The van der Waals surface area contributed by atoms with Gasteiger partial charge < -0.3 is 19.7 Å². The highest BCUT2D eigenvalue weighted by atomic mass is 19.1. The lowest BCUT2D eigenvalue weighted by molar-refractivity contribution is 0.238. The summed E-state index contributed by atoms with van der Waals surface area (Å²) in [6, 6.07) is 5.40. The molecule has 3 aromatic rings. The normalized spacial score (nSPS) is 11.9. The average molecular weight is 344 g/mol. The first-order chi connectivity index (χ1) is 12.1. The van der Waals surface area contributed by atoms with Crippen LogP contribution < -0.4 is 10.6 Å². The van der Waals surface area contributed by atoms with Gasteiger partial charge in [0.2, 0.25) is 5.89 Å². The van der Waals surface area contributed by atoms with Crippen molar-refractivity contribution in [2.75, 3.05) is 0 Å². The molecule has 0 bridgehead atoms. The summed E-state index contributed by atoms with van der Waals surface area (Å²) in [6.07, 6.45) is 5.15. The van der Waals surface area contributed by atoms with E-state index in [1.165, 1.54) is 12.1 Å². The Hall–Kier alpha value is -3.23. The van der Waals surface area contributed by atoms with Gasteiger partial charge in [0.25, 0.3) is 0 Å². The van der Waals surface area contributed by atoms with Crippen LogP contribution in [-0.4, -0.2) is 25.7 Å². The molecule has 0 spiro atoms. The van der Waals surface area contributed by atoms with Crippen LogP contribution in [0.3, 0.4) is 0 Å². The third kappa shape index (κ3) is 4.40. The van der Waals surface area contributed by atoms with E-state index in [4.69, 9.17) is 4.52 Å². The van der Waals surface area contributed by atoms with Crippen LogP contribution in [0.5, 0.6) is 0 Å². The monoisotopic (exact) mass is 344 g/mol. The highest BCUT2D eigenvalue weighted by Crippen LogP contribution is 2.13. The van der Waals surface area contributed by atoms with Crippen molar-refractivity contribution in [3.05, 3.63) is 66.1 Å². The number of nitrogens with zero attached hydrogens (tertiary/aromatic N) is 4. The summed E-state index contributed by atoms with van der Waals surface area (Å²) in [5.74, 6) is 0.491. The van der Waals surface area contributed by atoms with E-state index >= 15 is 0 Å². The number of hydrogen-bond acceptors (Lipinski definition) is 5. The Morgan fingerprint density at radius 1 is 1.28 bits per heavy atom. The number of urea groups is 1. The molecule has 0 saturated carbocycles. The number of carbonyl (C=O) groups excluding carboxylic acids is 1. The second-order valence-electron chi connectivity index (χ2n) is 5.39. The quantitative estimate of drug-likeness (QED) is 0.713. The molecule has 25 heavy (non-hydrogen) atoms. The number of hydrogen-bond donors (Lipinski definition) is 2. The Morgan fingerprint density at radius 3 is 2.76 bits per heavy atom. The SMILES string of the molecule is CC(c1noc(CNC(=O)NCc2ccc(F)cc2)n1)n1ccnc1. The van der Waals surface area contributed by atoms with Gasteiger partial charge in [-0.3, -0.25) is 0 Å². The lowest BCUT2D eigenvalue weighted by Gasteiger charge is -2.07. The maximum atomic E-state index is 12.8. The highest BCUT2D eigenvalue weighted by Gasteiger charge is 2.15. The minimum absolute atomic E-state index is 0.110. The number of halogens is 1. The molecule has 130 valence electrons. The smallest absolute Gasteiger partial charge is 0.315 e. The molecule has 0 aliphatic heterocycles. The number of rotatable bonds is 6. The summed E-state index contributed by atoms with van der Waals surface area (Å²) in [6.45, 7) is 2.32. The Balaban J connectivity index is 1.47. The fourth-order valence-corrected chi connectivity index (χ4v) is 2.14. The van der Waals surface area contributed by atoms with E-state index in [2.05, 4.69) is 25.8 Å². The van der Waals surface area contributed by atoms with Gasteiger partial charge in [-0.2, -0.15) is 4.98 Å². The van der Waals surface area contributed by atoms with Crippen LogP contribution in [-0.2, 0) is 13.1 Å². The number of imidazole rings is 1. The zero-order valence-electron chi connectivity index (χ0n) is 13.5. The minimum Gasteiger partial charge on any atom is -0.337 e. The Bertz CT molecular complexity index is 816. The first kappa shape index (κ1) is 16.6. The number of aromatic nitrogens is 4. The molecule has 0 saturated heterocycles. The van der Waals surface area contributed by atoms with Gasteiger partial charge in [0.15, 0.2) is 5.82 Å². The van der Waals surface area contributed by atoms with Crippen molar-refractivity contribution in [3.63, 3.8) is 0 Å². The van der Waals surface area contributed by atoms with E-state index < -0.39 is 0 Å². The molecule has 1 unspecified atom stereocenters. The average Bonchev–Trinajstić information content (AvgIpc) is 3.30. The summed E-state index contributed by atoms with van der Waals surface area (Å²) < 4.78 is 19.8. The van der Waals surface area contributed by atoms with E-state index in [0.717, 1.165) is 5.56 Å². The Morgan fingerprint density at radius 2 is 2.04 bits per heavy atom. The topological polar surface area (TPSA) is 97.9 Å². The van der Waals surface area contributed by atoms with E-state index in [-0.39, 0.29) is 24.4 Å². The molecule has 2 aromatic heterocycles. The number of nitrogens with one attached hydrogen (secondary N) is 2. The fraction of sp³-hybridized carbons (Fsp3) is 0.250. The van der Waals surface area contributed by atoms with E-state index in [1.807, 2.05) is 17.7 Å². The van der Waals surface area contributed by atoms with Crippen molar-refractivity contribution < 1.29 is 13.7 Å². The van der Waals surface area contributed by atoms with E-state index in [9.17, 15) is 9.18 Å². The molecule has 0 radical (unpaired) electrons. The van der Waals surface area contributed by atoms with Crippen LogP contribution in [0.4, 0.5) is 9.18 Å². The Labute approximate surface area is 143 Å². The first-order valence-corrected chi connectivity index (χ1v) is 7.68. The van der Waals surface area contributed by atoms with Gasteiger partial charge in [0.05, 0.1) is 18.9 Å². The van der Waals surface area contributed by atoms with Gasteiger partial charge in [0.1, 0.15) is 5.82 Å². The summed E-state index contributed by atoms with van der Waals surface area (Å²) in [5.41, 5.74) is 0.797. The zero-order valence-corrected chi connectivity index (χ0v) is 13.5. The van der Waals surface area contributed by atoms with Crippen LogP contribution >= 0.6 is 0 Å². The van der Waals surface area contributed by atoms with Gasteiger partial charge in [-0.05, 0) is 24.6 Å². The molecule has 0 aliphatic rings. The van der Waals surface area contributed by atoms with Crippen LogP contribution in [0.1, 0.15) is 30.2 Å². The fourth-order valence-electron chi connectivity index (χ4n) is 2.14. The molecule has 2 N–H and O–H groups in total. The molecule has 2 heterocycles. The van der Waals surface area contributed by atoms with Crippen molar-refractivity contribution in [2.45, 2.75) is 26.1 Å². The van der Waals surface area contributed by atoms with Crippen LogP contribution in [0.25, 0.3) is 0 Å². The van der Waals surface area contributed by atoms with Gasteiger partial charge in [-0.1, -0.05) is 17.3 Å². The molecule has 0 fully saturated rings. The molecule has 0 aliphatic carbocycles. The standard InChI is InChI=1S/C16H17FN6O2/c1-11(23-7-6-18-10-23)15-21-14(25-22-15)9-20-16(24)19-8-12-2-4-13(17)5-3-12/h2-7,10-11H,8-9H2,1H3,(H2,19,20,24). The van der Waals surface area contributed by atoms with Crippen LogP contribution in [0.2, 0.25) is 0 Å². The maximum absolute atomic E-state index is 12.8. The summed E-state index contributed by atoms with van der Waals surface area (Å²) in [7, 11) is 0. The molecular weight excluding hydrogens is 327 g/mol. The highest BCUT2D eigenvalue weighted by molar-refractivity contribution is 5.73. The van der Waals surface area contributed by atoms with Crippen molar-refractivity contribution in [1.29, 1.82) is 0 Å². The summed E-state index contributed by atoms with van der Waals surface area (Å²) in [4.78, 5) is 20.0. The Kier molecular flexibility index (Phi) is 5.03. The summed E-state index contributed by atoms with van der Waals surface area (Å²) >= 11 is 0. The van der Waals surface area contributed by atoms with Crippen molar-refractivity contribution in [3.8, 4) is 0 Å². The van der Waals surface area contributed by atoms with Gasteiger partial charge in [0, 0.05) is 18.9 Å². The molecular formula is C16H17FN6O2. The molecule has 3 rings (SSSR count). The number of amides is 2. The van der Waals surface area contributed by atoms with Gasteiger partial charge >= 0.3 is 6.03 Å². The minimum atomic E-state index is -0.383. The molecule has 2 amide bonds. The van der Waals surface area contributed by atoms with Gasteiger partial charge in [-0.25, -0.2) is 14.2 Å². The second-order valence-corrected chi connectivity index (χ2v) is 5.39. The third-order valence-electron chi connectivity index (χ3n) is 3.60. The molecule has 9 heteroatoms. The van der Waals surface area contributed by atoms with Crippen molar-refractivity contribution in [2.24, 2.45) is 0 Å². The van der Waals surface area contributed by atoms with Crippen molar-refractivity contribution >= 4 is 6.03 Å². The number of benzene rings is 1. The third-order valence-corrected chi connectivity index (χ3v) is 3.60. The predicted octanol–water partition coefficient (Wildman–Crippen LogP) is 2.01. The molecule has 1 atom stereocenters. The zero-order chi connectivity index (χ0) is 17.6. The number of carbonyl (C=O) groups is 1. The maximum Gasteiger partial charge on any atom is 0.315 e. The molecule has 1 aromatic carbocycles. The van der Waals surface area contributed by atoms with Crippen LogP contribution in [0.15, 0.2) is 47.5 Å². The van der Waals surface area contributed by atoms with Crippen LogP contribution in [0, 0.1) is 5.82 Å². The van der Waals surface area contributed by atoms with E-state index in [0.29, 0.717) is 18.3 Å². The first-order valence-electron chi connectivity index (χ1n) is 7.68. The molecule has 8 nitrogen and oxygen atoms in total.